The van der Waals surface area contributed by atoms with E-state index < -0.39 is 5.91 Å². The van der Waals surface area contributed by atoms with Gasteiger partial charge in [0.1, 0.15) is 5.75 Å². The summed E-state index contributed by atoms with van der Waals surface area (Å²) in [6.45, 7) is 1.75. The van der Waals surface area contributed by atoms with Crippen LogP contribution in [0.1, 0.15) is 33.2 Å². The standard InChI is InChI=1S/C23H19Cl2N3O3/c1-14(27-28-23(30)20-13-18(25)10-11-21(20)31-2)16-4-3-5-19(12-16)26-22(29)15-6-8-17(24)9-7-15/h3-13H,1-2H3,(H,26,29)(H,28,30). The van der Waals surface area contributed by atoms with Crippen LogP contribution in [-0.4, -0.2) is 24.6 Å². The molecule has 3 aromatic rings. The second kappa shape index (κ2) is 10.1. The van der Waals surface area contributed by atoms with Crippen molar-refractivity contribution in [3.8, 4) is 5.75 Å². The summed E-state index contributed by atoms with van der Waals surface area (Å²) >= 11 is 11.8. The molecule has 0 aliphatic rings. The minimum absolute atomic E-state index is 0.259. The number of methoxy groups -OCH3 is 1. The summed E-state index contributed by atoms with van der Waals surface area (Å²) in [6, 6.07) is 18.5. The molecule has 0 atom stereocenters. The van der Waals surface area contributed by atoms with Crippen LogP contribution < -0.4 is 15.5 Å². The van der Waals surface area contributed by atoms with Gasteiger partial charge in [-0.15, -0.1) is 0 Å². The summed E-state index contributed by atoms with van der Waals surface area (Å²) in [4.78, 5) is 24.9. The van der Waals surface area contributed by atoms with Crippen LogP contribution in [0.2, 0.25) is 10.0 Å². The number of carbonyl (C=O) groups excluding carboxylic acids is 2. The SMILES string of the molecule is COc1ccc(Cl)cc1C(=O)NN=C(C)c1cccc(NC(=O)c2ccc(Cl)cc2)c1. The Bertz CT molecular complexity index is 1150. The molecule has 0 fully saturated rings. The fraction of sp³-hybridized carbons (Fsp3) is 0.0870. The van der Waals surface area contributed by atoms with Gasteiger partial charge < -0.3 is 10.1 Å². The second-order valence-corrected chi connectivity index (χ2v) is 7.40. The predicted molar refractivity (Wildman–Crippen MR) is 124 cm³/mol. The molecule has 6 nitrogen and oxygen atoms in total. The van der Waals surface area contributed by atoms with Crippen LogP contribution >= 0.6 is 23.2 Å². The molecule has 0 aliphatic heterocycles. The van der Waals surface area contributed by atoms with Crippen molar-refractivity contribution in [1.29, 1.82) is 0 Å². The fourth-order valence-electron chi connectivity index (χ4n) is 2.74. The van der Waals surface area contributed by atoms with Crippen molar-refractivity contribution in [2.75, 3.05) is 12.4 Å². The fourth-order valence-corrected chi connectivity index (χ4v) is 3.04. The molecule has 0 saturated heterocycles. The highest BCUT2D eigenvalue weighted by atomic mass is 35.5. The van der Waals surface area contributed by atoms with E-state index in [0.717, 1.165) is 5.56 Å². The Hall–Kier alpha value is -3.35. The van der Waals surface area contributed by atoms with Crippen LogP contribution in [0, 0.1) is 0 Å². The molecule has 0 spiro atoms. The first-order chi connectivity index (χ1) is 14.9. The van der Waals surface area contributed by atoms with E-state index in [0.29, 0.717) is 32.8 Å². The van der Waals surface area contributed by atoms with Gasteiger partial charge in [0.2, 0.25) is 0 Å². The van der Waals surface area contributed by atoms with Crippen LogP contribution in [0.3, 0.4) is 0 Å². The van der Waals surface area contributed by atoms with Crippen molar-refractivity contribution in [1.82, 2.24) is 5.43 Å². The number of anilines is 1. The number of hydrazone groups is 1. The van der Waals surface area contributed by atoms with Crippen molar-refractivity contribution in [2.24, 2.45) is 5.10 Å². The van der Waals surface area contributed by atoms with Crippen molar-refractivity contribution >= 4 is 46.4 Å². The van der Waals surface area contributed by atoms with Gasteiger partial charge in [0.05, 0.1) is 18.4 Å². The van der Waals surface area contributed by atoms with Crippen LogP contribution in [0.25, 0.3) is 0 Å². The number of nitrogens with zero attached hydrogens (tertiary/aromatic N) is 1. The molecule has 31 heavy (non-hydrogen) atoms. The first-order valence-electron chi connectivity index (χ1n) is 9.23. The molecule has 3 rings (SSSR count). The zero-order valence-corrected chi connectivity index (χ0v) is 18.3. The summed E-state index contributed by atoms with van der Waals surface area (Å²) in [5, 5.41) is 7.96. The lowest BCUT2D eigenvalue weighted by Crippen LogP contribution is -2.20. The monoisotopic (exact) mass is 455 g/mol. The van der Waals surface area contributed by atoms with E-state index in [4.69, 9.17) is 27.9 Å². The third kappa shape index (κ3) is 5.84. The molecule has 0 aromatic heterocycles. The van der Waals surface area contributed by atoms with Gasteiger partial charge in [-0.25, -0.2) is 5.43 Å². The van der Waals surface area contributed by atoms with E-state index >= 15 is 0 Å². The van der Waals surface area contributed by atoms with Gasteiger partial charge in [-0.1, -0.05) is 35.3 Å². The Morgan fingerprint density at radius 3 is 2.29 bits per heavy atom. The van der Waals surface area contributed by atoms with Gasteiger partial charge in [0.25, 0.3) is 11.8 Å². The average molecular weight is 456 g/mol. The molecule has 2 amide bonds. The Labute approximate surface area is 189 Å². The van der Waals surface area contributed by atoms with Crippen LogP contribution in [0.5, 0.6) is 5.75 Å². The summed E-state index contributed by atoms with van der Waals surface area (Å²) in [7, 11) is 1.47. The Kier molecular flexibility index (Phi) is 7.28. The van der Waals surface area contributed by atoms with E-state index in [1.807, 2.05) is 6.07 Å². The highest BCUT2D eigenvalue weighted by Gasteiger charge is 2.13. The molecule has 0 aliphatic carbocycles. The number of carbonyl (C=O) groups is 2. The Morgan fingerprint density at radius 1 is 0.871 bits per heavy atom. The molecule has 0 unspecified atom stereocenters. The number of hydrogen-bond acceptors (Lipinski definition) is 4. The molecule has 0 bridgehead atoms. The number of ether oxygens (including phenoxy) is 1. The third-order valence-electron chi connectivity index (χ3n) is 4.38. The zero-order chi connectivity index (χ0) is 22.4. The number of amides is 2. The predicted octanol–water partition coefficient (Wildman–Crippen LogP) is 5.41. The van der Waals surface area contributed by atoms with E-state index in [2.05, 4.69) is 15.8 Å². The van der Waals surface area contributed by atoms with Crippen LogP contribution in [-0.2, 0) is 0 Å². The summed E-state index contributed by atoms with van der Waals surface area (Å²) in [5.41, 5.74) is 5.14. The molecule has 3 aromatic carbocycles. The van der Waals surface area contributed by atoms with E-state index in [9.17, 15) is 9.59 Å². The molecule has 0 saturated carbocycles. The van der Waals surface area contributed by atoms with E-state index in [1.165, 1.54) is 13.2 Å². The molecule has 0 radical (unpaired) electrons. The third-order valence-corrected chi connectivity index (χ3v) is 4.86. The van der Waals surface area contributed by atoms with Crippen LogP contribution in [0.15, 0.2) is 71.8 Å². The quantitative estimate of drug-likeness (QED) is 0.385. The lowest BCUT2D eigenvalue weighted by atomic mass is 10.1. The number of halogens is 2. The maximum atomic E-state index is 12.5. The number of benzene rings is 3. The van der Waals surface area contributed by atoms with Crippen LogP contribution in [0.4, 0.5) is 5.69 Å². The summed E-state index contributed by atoms with van der Waals surface area (Å²) in [6.07, 6.45) is 0. The Balaban J connectivity index is 1.72. The van der Waals surface area contributed by atoms with E-state index in [-0.39, 0.29) is 11.5 Å². The lowest BCUT2D eigenvalue weighted by molar-refractivity contribution is 0.0951. The number of rotatable bonds is 6. The molecule has 0 heterocycles. The van der Waals surface area contributed by atoms with Crippen molar-refractivity contribution < 1.29 is 14.3 Å². The van der Waals surface area contributed by atoms with Gasteiger partial charge in [0, 0.05) is 21.3 Å². The highest BCUT2D eigenvalue weighted by Crippen LogP contribution is 2.22. The van der Waals surface area contributed by atoms with Crippen molar-refractivity contribution in [3.63, 3.8) is 0 Å². The number of hydrogen-bond donors (Lipinski definition) is 2. The summed E-state index contributed by atoms with van der Waals surface area (Å²) in [5.74, 6) is -0.322. The normalized spacial score (nSPS) is 11.0. The summed E-state index contributed by atoms with van der Waals surface area (Å²) < 4.78 is 5.19. The largest absolute Gasteiger partial charge is 0.496 e. The average Bonchev–Trinajstić information content (AvgIpc) is 2.77. The van der Waals surface area contributed by atoms with Gasteiger partial charge >= 0.3 is 0 Å². The Morgan fingerprint density at radius 2 is 1.58 bits per heavy atom. The van der Waals surface area contributed by atoms with Crippen molar-refractivity contribution in [2.45, 2.75) is 6.92 Å². The molecular weight excluding hydrogens is 437 g/mol. The van der Waals surface area contributed by atoms with Gasteiger partial charge in [-0.3, -0.25) is 9.59 Å². The minimum atomic E-state index is -0.453. The molecule has 8 heteroatoms. The maximum absolute atomic E-state index is 12.5. The molecule has 158 valence electrons. The second-order valence-electron chi connectivity index (χ2n) is 6.52. The van der Waals surface area contributed by atoms with Gasteiger partial charge in [-0.2, -0.15) is 5.10 Å². The first kappa shape index (κ1) is 22.3. The van der Waals surface area contributed by atoms with Gasteiger partial charge in [-0.05, 0) is 67.1 Å². The number of nitrogens with one attached hydrogen (secondary N) is 2. The topological polar surface area (TPSA) is 79.8 Å². The first-order valence-corrected chi connectivity index (χ1v) is 9.98. The maximum Gasteiger partial charge on any atom is 0.275 e. The van der Waals surface area contributed by atoms with E-state index in [1.54, 1.807) is 61.5 Å². The van der Waals surface area contributed by atoms with Crippen molar-refractivity contribution in [3.05, 3.63) is 93.5 Å². The lowest BCUT2D eigenvalue weighted by Gasteiger charge is -2.09. The van der Waals surface area contributed by atoms with Gasteiger partial charge in [0.15, 0.2) is 0 Å². The smallest absolute Gasteiger partial charge is 0.275 e. The highest BCUT2D eigenvalue weighted by molar-refractivity contribution is 6.31. The molecule has 2 N–H and O–H groups in total. The minimum Gasteiger partial charge on any atom is -0.496 e. The zero-order valence-electron chi connectivity index (χ0n) is 16.8. The molecular formula is C23H19Cl2N3O3.